The van der Waals surface area contributed by atoms with Gasteiger partial charge in [0.05, 0.1) is 10.6 Å². The van der Waals surface area contributed by atoms with E-state index in [1.165, 1.54) is 6.07 Å². The van der Waals surface area contributed by atoms with Gasteiger partial charge in [-0.3, -0.25) is 16.0 Å². The van der Waals surface area contributed by atoms with E-state index in [4.69, 9.17) is 5.84 Å². The van der Waals surface area contributed by atoms with Crippen molar-refractivity contribution in [2.24, 2.45) is 5.84 Å². The van der Waals surface area contributed by atoms with E-state index in [2.05, 4.69) is 10.3 Å². The molecule has 1 aliphatic rings. The Morgan fingerprint density at radius 2 is 1.90 bits per heavy atom. The fraction of sp³-hybridized carbons (Fsp3) is 0.455. The fourth-order valence-corrected chi connectivity index (χ4v) is 3.46. The third kappa shape index (κ3) is 3.67. The number of nitro groups is 1. The number of anilines is 1. The van der Waals surface area contributed by atoms with Crippen LogP contribution in [0.1, 0.15) is 19.3 Å². The van der Waals surface area contributed by atoms with Crippen molar-refractivity contribution < 1.29 is 13.3 Å². The molecule has 1 saturated heterocycles. The van der Waals surface area contributed by atoms with E-state index in [9.17, 15) is 18.5 Å². The quantitative estimate of drug-likeness (QED) is 0.411. The van der Waals surface area contributed by atoms with E-state index < -0.39 is 14.9 Å². The Kier molecular flexibility index (Phi) is 4.73. The first-order valence-corrected chi connectivity index (χ1v) is 7.95. The van der Waals surface area contributed by atoms with Gasteiger partial charge < -0.3 is 5.43 Å². The van der Waals surface area contributed by atoms with Crippen LogP contribution in [0.3, 0.4) is 0 Å². The largest absolute Gasteiger partial charge is 0.323 e. The Morgan fingerprint density at radius 3 is 2.48 bits per heavy atom. The Labute approximate surface area is 122 Å². The van der Waals surface area contributed by atoms with Crippen LogP contribution < -0.4 is 16.1 Å². The Bertz CT molecular complexity index is 628. The average Bonchev–Trinajstić information content (AvgIpc) is 2.47. The van der Waals surface area contributed by atoms with Crippen LogP contribution in [0.5, 0.6) is 0 Å². The molecule has 1 aliphatic heterocycles. The molecule has 0 unspecified atom stereocenters. The number of rotatable bonds is 5. The number of non-ortho nitro benzene ring substituents is 1. The molecule has 2 rings (SSSR count). The van der Waals surface area contributed by atoms with E-state index in [1.807, 2.05) is 0 Å². The minimum atomic E-state index is -3.83. The summed E-state index contributed by atoms with van der Waals surface area (Å²) in [6.45, 7) is 1.27. The van der Waals surface area contributed by atoms with E-state index in [0.29, 0.717) is 13.1 Å². The van der Waals surface area contributed by atoms with Gasteiger partial charge in [0, 0.05) is 25.2 Å². The monoisotopic (exact) mass is 315 g/mol. The van der Waals surface area contributed by atoms with Gasteiger partial charge in [0.1, 0.15) is 4.90 Å². The number of nitrogens with two attached hydrogens (primary N) is 1. The van der Waals surface area contributed by atoms with Gasteiger partial charge >= 0.3 is 0 Å². The summed E-state index contributed by atoms with van der Waals surface area (Å²) >= 11 is 0. The predicted molar refractivity (Wildman–Crippen MR) is 76.7 cm³/mol. The number of nitrogens with one attached hydrogen (secondary N) is 2. The molecule has 0 saturated carbocycles. The molecule has 9 nitrogen and oxygen atoms in total. The second kappa shape index (κ2) is 6.35. The number of piperidine rings is 1. The van der Waals surface area contributed by atoms with Crippen molar-refractivity contribution in [3.8, 4) is 0 Å². The lowest BCUT2D eigenvalue weighted by Gasteiger charge is -2.26. The molecule has 0 atom stereocenters. The molecule has 1 fully saturated rings. The van der Waals surface area contributed by atoms with Crippen LogP contribution in [0.4, 0.5) is 11.4 Å². The van der Waals surface area contributed by atoms with Gasteiger partial charge in [0.2, 0.25) is 0 Å². The molecule has 0 spiro atoms. The van der Waals surface area contributed by atoms with Crippen LogP contribution in [-0.4, -0.2) is 31.4 Å². The summed E-state index contributed by atoms with van der Waals surface area (Å²) in [5, 5.41) is 12.3. The molecular weight excluding hydrogens is 298 g/mol. The van der Waals surface area contributed by atoms with Crippen molar-refractivity contribution in [3.63, 3.8) is 0 Å². The minimum Gasteiger partial charge on any atom is -0.323 e. The second-order valence-electron chi connectivity index (χ2n) is 4.72. The van der Waals surface area contributed by atoms with Crippen LogP contribution in [0, 0.1) is 10.1 Å². The van der Waals surface area contributed by atoms with Crippen molar-refractivity contribution in [3.05, 3.63) is 28.3 Å². The third-order valence-corrected chi connectivity index (χ3v) is 4.66. The topological polar surface area (TPSA) is 131 Å². The van der Waals surface area contributed by atoms with Gasteiger partial charge in [0.15, 0.2) is 0 Å². The molecule has 21 heavy (non-hydrogen) atoms. The number of hydrazine groups is 2. The third-order valence-electron chi connectivity index (χ3n) is 3.22. The smallest absolute Gasteiger partial charge is 0.271 e. The molecular formula is C11H17N5O4S. The van der Waals surface area contributed by atoms with Crippen LogP contribution >= 0.6 is 0 Å². The van der Waals surface area contributed by atoms with Crippen molar-refractivity contribution in [2.75, 3.05) is 18.5 Å². The predicted octanol–water partition coefficient (Wildman–Crippen LogP) is 0.560. The van der Waals surface area contributed by atoms with Crippen molar-refractivity contribution in [1.82, 2.24) is 9.84 Å². The van der Waals surface area contributed by atoms with Crippen molar-refractivity contribution in [2.45, 2.75) is 24.2 Å². The number of hydrogen-bond donors (Lipinski definition) is 3. The van der Waals surface area contributed by atoms with Crippen LogP contribution in [-0.2, 0) is 10.0 Å². The molecule has 1 heterocycles. The molecule has 0 aromatic heterocycles. The zero-order valence-electron chi connectivity index (χ0n) is 11.3. The van der Waals surface area contributed by atoms with E-state index in [0.717, 1.165) is 31.4 Å². The SMILES string of the molecule is NNc1cc([N+](=O)[O-])ccc1S(=O)(=O)NN1CCCCC1. The molecule has 0 aliphatic carbocycles. The van der Waals surface area contributed by atoms with Crippen molar-refractivity contribution >= 4 is 21.4 Å². The first kappa shape index (κ1) is 15.6. The van der Waals surface area contributed by atoms with E-state index in [1.54, 1.807) is 5.01 Å². The Hall–Kier alpha value is -1.75. The van der Waals surface area contributed by atoms with E-state index in [-0.39, 0.29) is 16.3 Å². The minimum absolute atomic E-state index is 0.0197. The Morgan fingerprint density at radius 1 is 1.24 bits per heavy atom. The van der Waals surface area contributed by atoms with Crippen LogP contribution in [0.2, 0.25) is 0 Å². The fourth-order valence-electron chi connectivity index (χ4n) is 2.18. The lowest BCUT2D eigenvalue weighted by molar-refractivity contribution is -0.384. The first-order valence-electron chi connectivity index (χ1n) is 6.46. The van der Waals surface area contributed by atoms with Gasteiger partial charge in [0.25, 0.3) is 15.7 Å². The highest BCUT2D eigenvalue weighted by molar-refractivity contribution is 7.89. The summed E-state index contributed by atoms with van der Waals surface area (Å²) < 4.78 is 24.7. The standard InChI is InChI=1S/C11H17N5O4S/c12-13-10-8-9(16(17)18)4-5-11(10)21(19,20)14-15-6-2-1-3-7-15/h4-5,8,13-14H,1-3,6-7,12H2. The Balaban J connectivity index is 2.28. The molecule has 116 valence electrons. The summed E-state index contributed by atoms with van der Waals surface area (Å²) in [6, 6.07) is 3.38. The molecule has 0 radical (unpaired) electrons. The summed E-state index contributed by atoms with van der Waals surface area (Å²) in [5.74, 6) is 5.27. The normalized spacial score (nSPS) is 16.6. The summed E-state index contributed by atoms with van der Waals surface area (Å²) in [6.07, 6.45) is 2.92. The maximum atomic E-state index is 12.3. The van der Waals surface area contributed by atoms with Crippen LogP contribution in [0.15, 0.2) is 23.1 Å². The maximum Gasteiger partial charge on any atom is 0.271 e. The van der Waals surface area contributed by atoms with E-state index >= 15 is 0 Å². The van der Waals surface area contributed by atoms with Gasteiger partial charge in [-0.1, -0.05) is 6.42 Å². The first-order chi connectivity index (χ1) is 9.94. The number of nitrogen functional groups attached to an aromatic ring is 1. The summed E-state index contributed by atoms with van der Waals surface area (Å²) in [7, 11) is -3.83. The van der Waals surface area contributed by atoms with Crippen molar-refractivity contribution in [1.29, 1.82) is 0 Å². The highest BCUT2D eigenvalue weighted by Gasteiger charge is 2.24. The molecule has 4 N–H and O–H groups in total. The van der Waals surface area contributed by atoms with Crippen LogP contribution in [0.25, 0.3) is 0 Å². The summed E-state index contributed by atoms with van der Waals surface area (Å²) in [4.78, 5) is 12.4. The highest BCUT2D eigenvalue weighted by Crippen LogP contribution is 2.26. The average molecular weight is 315 g/mol. The van der Waals surface area contributed by atoms with Gasteiger partial charge in [-0.25, -0.2) is 13.4 Å². The molecule has 0 bridgehead atoms. The maximum absolute atomic E-state index is 12.3. The van der Waals surface area contributed by atoms with Gasteiger partial charge in [-0.15, -0.1) is 4.83 Å². The number of sulfonamides is 1. The second-order valence-corrected chi connectivity index (χ2v) is 6.35. The highest BCUT2D eigenvalue weighted by atomic mass is 32.2. The molecule has 1 aromatic carbocycles. The lowest BCUT2D eigenvalue weighted by atomic mass is 10.2. The number of hydrogen-bond acceptors (Lipinski definition) is 7. The van der Waals surface area contributed by atoms with Gasteiger partial charge in [-0.05, 0) is 18.9 Å². The summed E-state index contributed by atoms with van der Waals surface area (Å²) in [5.41, 5.74) is 1.94. The molecule has 0 amide bonds. The zero-order chi connectivity index (χ0) is 15.5. The zero-order valence-corrected chi connectivity index (χ0v) is 12.1. The number of benzene rings is 1. The number of nitrogens with zero attached hydrogens (tertiary/aromatic N) is 2. The lowest BCUT2D eigenvalue weighted by Crippen LogP contribution is -2.45. The van der Waals surface area contributed by atoms with Gasteiger partial charge in [-0.2, -0.15) is 0 Å². The molecule has 1 aromatic rings. The molecule has 10 heteroatoms. The number of nitro benzene ring substituents is 1.